The van der Waals surface area contributed by atoms with Crippen molar-refractivity contribution in [2.75, 3.05) is 5.32 Å². The third kappa shape index (κ3) is 1.75. The minimum atomic E-state index is 0.0705. The van der Waals surface area contributed by atoms with Crippen LogP contribution in [-0.4, -0.2) is 15.7 Å². The molecule has 0 aromatic carbocycles. The molecule has 0 radical (unpaired) electrons. The smallest absolute Gasteiger partial charge is 0.226 e. The Morgan fingerprint density at radius 2 is 2.39 bits per heavy atom. The maximum absolute atomic E-state index is 11.9. The molecular formula is C13H15N3OS. The van der Waals surface area contributed by atoms with Crippen LogP contribution in [0.15, 0.2) is 23.0 Å². The maximum Gasteiger partial charge on any atom is 0.226 e. The van der Waals surface area contributed by atoms with Gasteiger partial charge < -0.3 is 5.32 Å². The van der Waals surface area contributed by atoms with Gasteiger partial charge in [0.05, 0.1) is 6.20 Å². The molecule has 5 heteroatoms. The van der Waals surface area contributed by atoms with Crippen molar-refractivity contribution in [2.24, 2.45) is 0 Å². The molecule has 1 aliphatic heterocycles. The molecule has 0 saturated heterocycles. The third-order valence-electron chi connectivity index (χ3n) is 3.28. The fourth-order valence-corrected chi connectivity index (χ4v) is 3.11. The fourth-order valence-electron chi connectivity index (χ4n) is 2.40. The largest absolute Gasteiger partial charge is 0.311 e. The molecule has 18 heavy (non-hydrogen) atoms. The number of aromatic nitrogens is 2. The second kappa shape index (κ2) is 4.24. The number of thiophene rings is 1. The Kier molecular flexibility index (Phi) is 2.70. The molecule has 3 rings (SSSR count). The van der Waals surface area contributed by atoms with E-state index in [0.29, 0.717) is 6.42 Å². The number of hydrogen-bond acceptors (Lipinski definition) is 3. The van der Waals surface area contributed by atoms with Crippen molar-refractivity contribution in [3.05, 3.63) is 34.2 Å². The summed E-state index contributed by atoms with van der Waals surface area (Å²) < 4.78 is 1.88. The molecule has 0 fully saturated rings. The molecule has 3 heterocycles. The van der Waals surface area contributed by atoms with Crippen LogP contribution in [0, 0.1) is 0 Å². The summed E-state index contributed by atoms with van der Waals surface area (Å²) in [5.74, 6) is 1.08. The van der Waals surface area contributed by atoms with E-state index in [1.54, 1.807) is 11.3 Å². The lowest BCUT2D eigenvalue weighted by Gasteiger charge is -2.23. The normalized spacial score (nSPS) is 18.8. The van der Waals surface area contributed by atoms with E-state index in [1.807, 2.05) is 16.3 Å². The van der Waals surface area contributed by atoms with Gasteiger partial charge in [0.15, 0.2) is 0 Å². The number of anilines is 1. The van der Waals surface area contributed by atoms with Gasteiger partial charge in [-0.15, -0.1) is 0 Å². The zero-order valence-electron chi connectivity index (χ0n) is 10.4. The molecule has 0 aliphatic carbocycles. The van der Waals surface area contributed by atoms with Crippen LogP contribution in [0.1, 0.15) is 43.4 Å². The average Bonchev–Trinajstić information content (AvgIpc) is 2.96. The Morgan fingerprint density at radius 1 is 1.56 bits per heavy atom. The Bertz CT molecular complexity index is 571. The second-order valence-electron chi connectivity index (χ2n) is 4.85. The lowest BCUT2D eigenvalue weighted by molar-refractivity contribution is -0.116. The molecule has 2 aromatic rings. The highest BCUT2D eigenvalue weighted by Crippen LogP contribution is 2.38. The number of rotatable bonds is 2. The number of fused-ring (bicyclic) bond motifs is 1. The highest BCUT2D eigenvalue weighted by atomic mass is 32.1. The average molecular weight is 261 g/mol. The Balaban J connectivity index is 2.09. The minimum Gasteiger partial charge on any atom is -0.311 e. The summed E-state index contributed by atoms with van der Waals surface area (Å²) in [4.78, 5) is 11.9. The first kappa shape index (κ1) is 11.5. The van der Waals surface area contributed by atoms with E-state index in [1.165, 1.54) is 5.56 Å². The number of hydrogen-bond donors (Lipinski definition) is 1. The van der Waals surface area contributed by atoms with Crippen molar-refractivity contribution in [1.82, 2.24) is 9.78 Å². The summed E-state index contributed by atoms with van der Waals surface area (Å²) in [5, 5.41) is 11.5. The topological polar surface area (TPSA) is 46.9 Å². The van der Waals surface area contributed by atoms with Gasteiger partial charge in [0.25, 0.3) is 0 Å². The van der Waals surface area contributed by atoms with E-state index in [2.05, 4.69) is 35.7 Å². The van der Waals surface area contributed by atoms with E-state index in [0.717, 1.165) is 11.4 Å². The van der Waals surface area contributed by atoms with Crippen LogP contribution in [0.4, 0.5) is 5.82 Å². The molecule has 1 amide bonds. The molecule has 1 unspecified atom stereocenters. The lowest BCUT2D eigenvalue weighted by atomic mass is 9.89. The Hall–Kier alpha value is -1.62. The first-order valence-electron chi connectivity index (χ1n) is 6.06. The molecule has 1 N–H and O–H groups in total. The van der Waals surface area contributed by atoms with Crippen LogP contribution in [0.25, 0.3) is 0 Å². The zero-order chi connectivity index (χ0) is 12.7. The Labute approximate surface area is 110 Å². The van der Waals surface area contributed by atoms with Gasteiger partial charge in [-0.2, -0.15) is 16.4 Å². The van der Waals surface area contributed by atoms with Gasteiger partial charge in [-0.25, -0.2) is 4.68 Å². The van der Waals surface area contributed by atoms with Gasteiger partial charge in [-0.3, -0.25) is 4.79 Å². The third-order valence-corrected chi connectivity index (χ3v) is 3.98. The van der Waals surface area contributed by atoms with E-state index in [9.17, 15) is 4.79 Å². The molecule has 1 aliphatic rings. The van der Waals surface area contributed by atoms with Gasteiger partial charge in [0.2, 0.25) is 5.91 Å². The van der Waals surface area contributed by atoms with Gasteiger partial charge in [-0.05, 0) is 36.2 Å². The van der Waals surface area contributed by atoms with Crippen LogP contribution in [0.3, 0.4) is 0 Å². The highest BCUT2D eigenvalue weighted by Gasteiger charge is 2.30. The fraction of sp³-hybridized carbons (Fsp3) is 0.385. The quantitative estimate of drug-likeness (QED) is 0.903. The van der Waals surface area contributed by atoms with Crippen molar-refractivity contribution >= 4 is 23.1 Å². The number of nitrogens with one attached hydrogen (secondary N) is 1. The van der Waals surface area contributed by atoms with E-state index < -0.39 is 0 Å². The van der Waals surface area contributed by atoms with Crippen molar-refractivity contribution < 1.29 is 4.79 Å². The highest BCUT2D eigenvalue weighted by molar-refractivity contribution is 7.08. The predicted octanol–water partition coefficient (Wildman–Crippen LogP) is 3.00. The number of carbonyl (C=O) groups excluding carboxylic acids is 1. The predicted molar refractivity (Wildman–Crippen MR) is 72.0 cm³/mol. The molecule has 0 saturated carbocycles. The number of nitrogens with zero attached hydrogens (tertiary/aromatic N) is 2. The number of carbonyl (C=O) groups is 1. The summed E-state index contributed by atoms with van der Waals surface area (Å²) >= 11 is 1.66. The summed E-state index contributed by atoms with van der Waals surface area (Å²) in [5.41, 5.74) is 2.33. The van der Waals surface area contributed by atoms with Crippen molar-refractivity contribution in [1.29, 1.82) is 0 Å². The van der Waals surface area contributed by atoms with Gasteiger partial charge in [0, 0.05) is 23.9 Å². The van der Waals surface area contributed by atoms with Gasteiger partial charge >= 0.3 is 0 Å². The van der Waals surface area contributed by atoms with Crippen LogP contribution < -0.4 is 5.32 Å². The summed E-state index contributed by atoms with van der Waals surface area (Å²) in [6, 6.07) is 2.33. The monoisotopic (exact) mass is 261 g/mol. The maximum atomic E-state index is 11.9. The minimum absolute atomic E-state index is 0.0705. The van der Waals surface area contributed by atoms with Crippen LogP contribution in [0.2, 0.25) is 0 Å². The van der Waals surface area contributed by atoms with E-state index in [-0.39, 0.29) is 17.9 Å². The molecule has 2 aromatic heterocycles. The molecule has 4 nitrogen and oxygen atoms in total. The van der Waals surface area contributed by atoms with Gasteiger partial charge in [-0.1, -0.05) is 0 Å². The van der Waals surface area contributed by atoms with Crippen LogP contribution in [0.5, 0.6) is 0 Å². The summed E-state index contributed by atoms with van der Waals surface area (Å²) in [6.07, 6.45) is 2.39. The molecule has 0 bridgehead atoms. The van der Waals surface area contributed by atoms with E-state index in [4.69, 9.17) is 0 Å². The first-order valence-corrected chi connectivity index (χ1v) is 7.00. The van der Waals surface area contributed by atoms with Crippen LogP contribution >= 0.6 is 11.3 Å². The second-order valence-corrected chi connectivity index (χ2v) is 5.63. The molecular weight excluding hydrogens is 246 g/mol. The summed E-state index contributed by atoms with van der Waals surface area (Å²) in [6.45, 7) is 4.13. The first-order chi connectivity index (χ1) is 8.66. The standard InChI is InChI=1S/C13H15N3OS/c1-8(2)16-13-11(6-14-16)10(5-12(17)15-13)9-3-4-18-7-9/h3-4,6-8,10H,5H2,1-2H3,(H,15,17). The zero-order valence-corrected chi connectivity index (χ0v) is 11.2. The summed E-state index contributed by atoms with van der Waals surface area (Å²) in [7, 11) is 0. The van der Waals surface area contributed by atoms with Crippen molar-refractivity contribution in [3.8, 4) is 0 Å². The molecule has 94 valence electrons. The van der Waals surface area contributed by atoms with E-state index >= 15 is 0 Å². The van der Waals surface area contributed by atoms with Gasteiger partial charge in [0.1, 0.15) is 5.82 Å². The number of amides is 1. The van der Waals surface area contributed by atoms with Crippen LogP contribution in [-0.2, 0) is 4.79 Å². The lowest BCUT2D eigenvalue weighted by Crippen LogP contribution is -2.25. The molecule has 1 atom stereocenters. The molecule has 0 spiro atoms. The Morgan fingerprint density at radius 3 is 3.06 bits per heavy atom. The SMILES string of the molecule is CC(C)n1ncc2c1NC(=O)CC2c1ccsc1. The van der Waals surface area contributed by atoms with Crippen molar-refractivity contribution in [2.45, 2.75) is 32.2 Å². The van der Waals surface area contributed by atoms with Crippen molar-refractivity contribution in [3.63, 3.8) is 0 Å².